The number of rotatable bonds is 4. The molecule has 2 rings (SSSR count). The number of aryl methyl sites for hydroxylation is 1. The van der Waals surface area contributed by atoms with Crippen molar-refractivity contribution < 1.29 is 0 Å². The molecule has 1 aromatic carbocycles. The van der Waals surface area contributed by atoms with Crippen molar-refractivity contribution in [3.05, 3.63) is 35.7 Å². The zero-order valence-electron chi connectivity index (χ0n) is 9.88. The minimum absolute atomic E-state index is 0.172. The van der Waals surface area contributed by atoms with E-state index in [1.54, 1.807) is 18.1 Å². The summed E-state index contributed by atoms with van der Waals surface area (Å²) < 4.78 is 4.98. The second-order valence-corrected chi connectivity index (χ2v) is 6.17. The number of hydrogen-bond acceptors (Lipinski definition) is 5. The first-order valence-corrected chi connectivity index (χ1v) is 7.04. The molecular weight excluding hydrogens is 250 g/mol. The molecule has 90 valence electrons. The van der Waals surface area contributed by atoms with Gasteiger partial charge in [0.1, 0.15) is 6.33 Å². The lowest BCUT2D eigenvalue weighted by Crippen LogP contribution is -2.18. The number of aromatic nitrogens is 2. The topological polar surface area (TPSA) is 51.8 Å². The van der Waals surface area contributed by atoms with Crippen molar-refractivity contribution in [2.75, 3.05) is 0 Å². The van der Waals surface area contributed by atoms with E-state index >= 15 is 0 Å². The summed E-state index contributed by atoms with van der Waals surface area (Å²) in [5.74, 6) is 0. The predicted octanol–water partition coefficient (Wildman–Crippen LogP) is 2.89. The lowest BCUT2D eigenvalue weighted by Gasteiger charge is -2.11. The van der Waals surface area contributed by atoms with E-state index in [0.29, 0.717) is 0 Å². The molecule has 0 aliphatic carbocycles. The standard InChI is InChI=1S/C12H15N3S2/c1-8-3-4-11(10(5-8)6-9(2)13)16-12-14-7-15-17-12/h3-5,7,9H,6,13H2,1-2H3. The van der Waals surface area contributed by atoms with Gasteiger partial charge in [-0.15, -0.1) is 0 Å². The molecule has 5 heteroatoms. The molecule has 1 atom stereocenters. The van der Waals surface area contributed by atoms with Gasteiger partial charge in [0, 0.05) is 10.9 Å². The third-order valence-electron chi connectivity index (χ3n) is 2.30. The molecule has 0 aliphatic rings. The monoisotopic (exact) mass is 265 g/mol. The fraction of sp³-hybridized carbons (Fsp3) is 0.333. The molecule has 0 fully saturated rings. The minimum atomic E-state index is 0.172. The third kappa shape index (κ3) is 3.52. The Morgan fingerprint density at radius 2 is 2.29 bits per heavy atom. The van der Waals surface area contributed by atoms with E-state index in [9.17, 15) is 0 Å². The van der Waals surface area contributed by atoms with Crippen molar-refractivity contribution in [2.24, 2.45) is 5.73 Å². The Kier molecular flexibility index (Phi) is 4.15. The Labute approximate surface area is 110 Å². The highest BCUT2D eigenvalue weighted by molar-refractivity contribution is 8.01. The van der Waals surface area contributed by atoms with Crippen molar-refractivity contribution in [3.63, 3.8) is 0 Å². The minimum Gasteiger partial charge on any atom is -0.328 e. The molecule has 0 bridgehead atoms. The van der Waals surface area contributed by atoms with E-state index in [0.717, 1.165) is 10.8 Å². The molecule has 17 heavy (non-hydrogen) atoms. The normalized spacial score (nSPS) is 12.6. The highest BCUT2D eigenvalue weighted by atomic mass is 32.2. The van der Waals surface area contributed by atoms with Crippen LogP contribution < -0.4 is 5.73 Å². The number of benzene rings is 1. The lowest BCUT2D eigenvalue weighted by atomic mass is 10.1. The van der Waals surface area contributed by atoms with Crippen LogP contribution in [0.25, 0.3) is 0 Å². The summed E-state index contributed by atoms with van der Waals surface area (Å²) in [6.07, 6.45) is 2.48. The molecule has 0 aliphatic heterocycles. The van der Waals surface area contributed by atoms with Gasteiger partial charge in [-0.2, -0.15) is 4.37 Å². The van der Waals surface area contributed by atoms with Crippen LogP contribution in [0.15, 0.2) is 33.8 Å². The van der Waals surface area contributed by atoms with Gasteiger partial charge in [0.05, 0.1) is 0 Å². The Morgan fingerprint density at radius 1 is 1.47 bits per heavy atom. The lowest BCUT2D eigenvalue weighted by molar-refractivity contribution is 0.729. The summed E-state index contributed by atoms with van der Waals surface area (Å²) in [6.45, 7) is 4.13. The Hall–Kier alpha value is -0.910. The van der Waals surface area contributed by atoms with Gasteiger partial charge < -0.3 is 5.73 Å². The van der Waals surface area contributed by atoms with Crippen molar-refractivity contribution >= 4 is 23.3 Å². The van der Waals surface area contributed by atoms with Crippen LogP contribution in [0.3, 0.4) is 0 Å². The van der Waals surface area contributed by atoms with Crippen molar-refractivity contribution in [3.8, 4) is 0 Å². The molecule has 1 unspecified atom stereocenters. The summed E-state index contributed by atoms with van der Waals surface area (Å²) in [4.78, 5) is 5.42. The summed E-state index contributed by atoms with van der Waals surface area (Å²) in [6, 6.07) is 6.63. The zero-order chi connectivity index (χ0) is 12.3. The van der Waals surface area contributed by atoms with Crippen LogP contribution in [-0.2, 0) is 6.42 Å². The molecule has 0 saturated heterocycles. The summed E-state index contributed by atoms with van der Waals surface area (Å²) in [7, 11) is 0. The highest BCUT2D eigenvalue weighted by Crippen LogP contribution is 2.31. The second kappa shape index (κ2) is 5.62. The number of hydrogen-bond donors (Lipinski definition) is 1. The number of nitrogens with zero attached hydrogens (tertiary/aromatic N) is 2. The van der Waals surface area contributed by atoms with Crippen LogP contribution in [0.1, 0.15) is 18.1 Å². The fourth-order valence-corrected chi connectivity index (χ4v) is 3.14. The smallest absolute Gasteiger partial charge is 0.174 e. The second-order valence-electron chi connectivity index (χ2n) is 4.10. The molecule has 0 radical (unpaired) electrons. The van der Waals surface area contributed by atoms with Crippen molar-refractivity contribution in [1.82, 2.24) is 9.36 Å². The first-order chi connectivity index (χ1) is 8.15. The summed E-state index contributed by atoms with van der Waals surface area (Å²) >= 11 is 3.08. The zero-order valence-corrected chi connectivity index (χ0v) is 11.5. The van der Waals surface area contributed by atoms with Crippen LogP contribution in [0, 0.1) is 6.92 Å². The quantitative estimate of drug-likeness (QED) is 0.923. The van der Waals surface area contributed by atoms with Crippen LogP contribution in [0.4, 0.5) is 0 Å². The molecule has 2 N–H and O–H groups in total. The van der Waals surface area contributed by atoms with Crippen molar-refractivity contribution in [1.29, 1.82) is 0 Å². The molecular formula is C12H15N3S2. The Morgan fingerprint density at radius 3 is 2.94 bits per heavy atom. The van der Waals surface area contributed by atoms with Gasteiger partial charge in [-0.3, -0.25) is 0 Å². The molecule has 1 heterocycles. The van der Waals surface area contributed by atoms with E-state index in [-0.39, 0.29) is 6.04 Å². The summed E-state index contributed by atoms with van der Waals surface area (Å²) in [5.41, 5.74) is 8.44. The molecule has 2 aromatic rings. The maximum atomic E-state index is 5.88. The van der Waals surface area contributed by atoms with Gasteiger partial charge in [0.2, 0.25) is 0 Å². The molecule has 0 amide bonds. The first-order valence-electron chi connectivity index (χ1n) is 5.45. The van der Waals surface area contributed by atoms with Gasteiger partial charge in [0.25, 0.3) is 0 Å². The average molecular weight is 265 g/mol. The average Bonchev–Trinajstić information content (AvgIpc) is 2.74. The van der Waals surface area contributed by atoms with Crippen LogP contribution in [0.5, 0.6) is 0 Å². The van der Waals surface area contributed by atoms with E-state index in [1.807, 2.05) is 6.92 Å². The predicted molar refractivity (Wildman–Crippen MR) is 72.6 cm³/mol. The summed E-state index contributed by atoms with van der Waals surface area (Å²) in [5, 5.41) is 0. The Bertz CT molecular complexity index is 481. The molecule has 0 spiro atoms. The van der Waals surface area contributed by atoms with E-state index in [4.69, 9.17) is 5.73 Å². The van der Waals surface area contributed by atoms with Gasteiger partial charge >= 0.3 is 0 Å². The van der Waals surface area contributed by atoms with Crippen molar-refractivity contribution in [2.45, 2.75) is 35.5 Å². The van der Waals surface area contributed by atoms with Gasteiger partial charge in [-0.05, 0) is 43.4 Å². The van der Waals surface area contributed by atoms with Crippen LogP contribution >= 0.6 is 23.3 Å². The third-order valence-corrected chi connectivity index (χ3v) is 4.13. The molecule has 1 aromatic heterocycles. The SMILES string of the molecule is Cc1ccc(Sc2ncns2)c(CC(C)N)c1. The molecule has 3 nitrogen and oxygen atoms in total. The maximum absolute atomic E-state index is 5.88. The van der Waals surface area contributed by atoms with Crippen LogP contribution in [-0.4, -0.2) is 15.4 Å². The van der Waals surface area contributed by atoms with Gasteiger partial charge in [-0.1, -0.05) is 29.5 Å². The van der Waals surface area contributed by atoms with Gasteiger partial charge in [-0.25, -0.2) is 4.98 Å². The largest absolute Gasteiger partial charge is 0.328 e. The van der Waals surface area contributed by atoms with E-state index in [2.05, 4.69) is 34.5 Å². The highest BCUT2D eigenvalue weighted by Gasteiger charge is 2.08. The maximum Gasteiger partial charge on any atom is 0.174 e. The first kappa shape index (κ1) is 12.5. The number of nitrogens with two attached hydrogens (primary N) is 1. The van der Waals surface area contributed by atoms with Gasteiger partial charge in [0.15, 0.2) is 4.34 Å². The Balaban J connectivity index is 2.25. The van der Waals surface area contributed by atoms with E-state index in [1.165, 1.54) is 27.6 Å². The van der Waals surface area contributed by atoms with Crippen LogP contribution in [0.2, 0.25) is 0 Å². The fourth-order valence-electron chi connectivity index (χ4n) is 1.62. The van der Waals surface area contributed by atoms with E-state index < -0.39 is 0 Å². The molecule has 0 saturated carbocycles.